The van der Waals surface area contributed by atoms with Gasteiger partial charge in [0, 0.05) is 27.3 Å². The molecule has 0 N–H and O–H groups in total. The number of nitrogens with zero attached hydrogens (tertiary/aromatic N) is 4. The highest BCUT2D eigenvalue weighted by molar-refractivity contribution is 6.13. The number of hydrogen-bond donors (Lipinski definition) is 0. The van der Waals surface area contributed by atoms with Crippen LogP contribution in [0.15, 0.2) is 103 Å². The first-order valence-corrected chi connectivity index (χ1v) is 14.6. The van der Waals surface area contributed by atoms with E-state index in [0.717, 1.165) is 52.9 Å². The summed E-state index contributed by atoms with van der Waals surface area (Å²) in [5.74, 6) is 3.96. The van der Waals surface area contributed by atoms with Gasteiger partial charge >= 0.3 is 0 Å². The second-order valence-electron chi connectivity index (χ2n) is 12.1. The van der Waals surface area contributed by atoms with Gasteiger partial charge < -0.3 is 0 Å². The smallest absolute Gasteiger partial charge is 0.238 e. The lowest BCUT2D eigenvalue weighted by atomic mass is 9.70. The molecule has 2 fully saturated rings. The van der Waals surface area contributed by atoms with Crippen molar-refractivity contribution in [3.63, 3.8) is 0 Å². The van der Waals surface area contributed by atoms with Crippen LogP contribution in [-0.4, -0.2) is 19.5 Å². The van der Waals surface area contributed by atoms with Gasteiger partial charge in [0.1, 0.15) is 5.82 Å². The largest absolute Gasteiger partial charge is 0.277 e. The van der Waals surface area contributed by atoms with E-state index in [1.807, 2.05) is 6.07 Å². The van der Waals surface area contributed by atoms with Gasteiger partial charge in [-0.15, -0.1) is 0 Å². The van der Waals surface area contributed by atoms with Crippen LogP contribution in [0.2, 0.25) is 0 Å². The first kappa shape index (κ1) is 23.6. The van der Waals surface area contributed by atoms with Gasteiger partial charge in [-0.25, -0.2) is 4.98 Å². The van der Waals surface area contributed by atoms with Crippen molar-refractivity contribution in [1.82, 2.24) is 19.5 Å². The Morgan fingerprint density at radius 3 is 2.05 bits per heavy atom. The summed E-state index contributed by atoms with van der Waals surface area (Å²) in [6.07, 6.45) is 6.37. The van der Waals surface area contributed by atoms with Crippen LogP contribution in [0, 0.1) is 11.8 Å². The maximum absolute atomic E-state index is 5.37. The first-order chi connectivity index (χ1) is 19.7. The molecule has 196 valence electrons. The van der Waals surface area contributed by atoms with Crippen molar-refractivity contribution in [2.75, 3.05) is 0 Å². The van der Waals surface area contributed by atoms with Crippen molar-refractivity contribution in [2.45, 2.75) is 44.4 Å². The highest BCUT2D eigenvalue weighted by Crippen LogP contribution is 2.51. The summed E-state index contributed by atoms with van der Waals surface area (Å²) in [6, 6.07) is 36.3. The van der Waals surface area contributed by atoms with Crippen molar-refractivity contribution >= 4 is 21.8 Å². The molecule has 6 aromatic rings. The molecule has 2 saturated carbocycles. The third kappa shape index (κ3) is 3.77. The quantitative estimate of drug-likeness (QED) is 0.233. The number of benzene rings is 4. The Labute approximate surface area is 234 Å². The average Bonchev–Trinajstić information content (AvgIpc) is 3.54. The van der Waals surface area contributed by atoms with Crippen LogP contribution < -0.4 is 0 Å². The normalized spacial score (nSPS) is 22.2. The SMILES string of the molecule is CC1(c2nc(-c3ccccc3)nc(-n3c4ccccc4c4cccc(-c5ccccc5)c43)n2)C[C@@H]2CC[C@H](C2)C1. The molecule has 0 amide bonds. The molecule has 8 rings (SSSR count). The average molecular weight is 521 g/mol. The Bertz CT molecular complexity index is 1840. The molecule has 2 aromatic heterocycles. The zero-order chi connectivity index (χ0) is 26.7. The molecule has 4 nitrogen and oxygen atoms in total. The molecule has 2 aliphatic carbocycles. The lowest BCUT2D eigenvalue weighted by molar-refractivity contribution is 0.221. The van der Waals surface area contributed by atoms with E-state index in [2.05, 4.69) is 109 Å². The van der Waals surface area contributed by atoms with Crippen LogP contribution in [0.25, 0.3) is 50.3 Å². The Morgan fingerprint density at radius 2 is 1.30 bits per heavy atom. The van der Waals surface area contributed by atoms with Gasteiger partial charge in [-0.05, 0) is 42.7 Å². The predicted molar refractivity (Wildman–Crippen MR) is 162 cm³/mol. The maximum Gasteiger partial charge on any atom is 0.238 e. The highest BCUT2D eigenvalue weighted by atomic mass is 15.2. The second kappa shape index (κ2) is 9.12. The van der Waals surface area contributed by atoms with Crippen molar-refractivity contribution in [2.24, 2.45) is 11.8 Å². The topological polar surface area (TPSA) is 43.6 Å². The summed E-state index contributed by atoms with van der Waals surface area (Å²) < 4.78 is 2.28. The molecule has 4 heteroatoms. The van der Waals surface area contributed by atoms with Crippen molar-refractivity contribution in [3.05, 3.63) is 109 Å². The summed E-state index contributed by atoms with van der Waals surface area (Å²) in [5.41, 5.74) is 5.60. The zero-order valence-corrected chi connectivity index (χ0v) is 22.8. The molecular weight excluding hydrogens is 488 g/mol. The fraction of sp³-hybridized carbons (Fsp3) is 0.250. The number of aromatic nitrogens is 4. The summed E-state index contributed by atoms with van der Waals surface area (Å²) >= 11 is 0. The molecule has 2 atom stereocenters. The van der Waals surface area contributed by atoms with Crippen molar-refractivity contribution in [3.8, 4) is 28.5 Å². The number of para-hydroxylation sites is 2. The van der Waals surface area contributed by atoms with E-state index >= 15 is 0 Å². The minimum absolute atomic E-state index is 0.0493. The van der Waals surface area contributed by atoms with E-state index < -0.39 is 0 Å². The number of hydrogen-bond acceptors (Lipinski definition) is 3. The molecule has 2 bridgehead atoms. The summed E-state index contributed by atoms with van der Waals surface area (Å²) in [6.45, 7) is 2.40. The number of fused-ring (bicyclic) bond motifs is 5. The third-order valence-electron chi connectivity index (χ3n) is 9.30. The van der Waals surface area contributed by atoms with Crippen LogP contribution >= 0.6 is 0 Å². The van der Waals surface area contributed by atoms with Gasteiger partial charge in [0.05, 0.1) is 11.0 Å². The third-order valence-corrected chi connectivity index (χ3v) is 9.30. The second-order valence-corrected chi connectivity index (χ2v) is 12.1. The summed E-state index contributed by atoms with van der Waals surface area (Å²) in [7, 11) is 0. The molecule has 0 radical (unpaired) electrons. The summed E-state index contributed by atoms with van der Waals surface area (Å²) in [4.78, 5) is 15.8. The molecule has 0 aliphatic heterocycles. The monoisotopic (exact) mass is 520 g/mol. The van der Waals surface area contributed by atoms with Crippen LogP contribution in [0.4, 0.5) is 0 Å². The highest BCUT2D eigenvalue weighted by Gasteiger charge is 2.44. The van der Waals surface area contributed by atoms with Gasteiger partial charge in [-0.2, -0.15) is 9.97 Å². The van der Waals surface area contributed by atoms with Gasteiger partial charge in [0.2, 0.25) is 5.95 Å². The van der Waals surface area contributed by atoms with E-state index in [9.17, 15) is 0 Å². The molecule has 0 saturated heterocycles. The van der Waals surface area contributed by atoms with Crippen molar-refractivity contribution < 1.29 is 0 Å². The molecule has 2 aliphatic rings. The zero-order valence-electron chi connectivity index (χ0n) is 22.8. The van der Waals surface area contributed by atoms with Crippen LogP contribution in [0.3, 0.4) is 0 Å². The van der Waals surface area contributed by atoms with E-state index in [1.54, 1.807) is 0 Å². The van der Waals surface area contributed by atoms with Crippen molar-refractivity contribution in [1.29, 1.82) is 0 Å². The van der Waals surface area contributed by atoms with Gasteiger partial charge in [-0.1, -0.05) is 117 Å². The van der Waals surface area contributed by atoms with E-state index in [-0.39, 0.29) is 5.41 Å². The van der Waals surface area contributed by atoms with Crippen LogP contribution in [0.5, 0.6) is 0 Å². The molecule has 0 spiro atoms. The van der Waals surface area contributed by atoms with E-state index in [1.165, 1.54) is 41.2 Å². The Morgan fingerprint density at radius 1 is 0.650 bits per heavy atom. The lowest BCUT2D eigenvalue weighted by Crippen LogP contribution is -2.33. The predicted octanol–water partition coefficient (Wildman–Crippen LogP) is 8.77. The Kier molecular flexibility index (Phi) is 5.38. The Hall–Kier alpha value is -4.31. The molecular formula is C36H32N4. The molecule has 40 heavy (non-hydrogen) atoms. The molecule has 0 unspecified atom stereocenters. The summed E-state index contributed by atoms with van der Waals surface area (Å²) in [5, 5.41) is 2.42. The minimum atomic E-state index is -0.0493. The van der Waals surface area contributed by atoms with E-state index in [0.29, 0.717) is 5.95 Å². The van der Waals surface area contributed by atoms with Crippen LogP contribution in [0.1, 0.15) is 44.9 Å². The van der Waals surface area contributed by atoms with Crippen LogP contribution in [-0.2, 0) is 5.41 Å². The lowest BCUT2D eigenvalue weighted by Gasteiger charge is -2.36. The fourth-order valence-electron chi connectivity index (χ4n) is 7.62. The fourth-order valence-corrected chi connectivity index (χ4v) is 7.62. The Balaban J connectivity index is 1.44. The van der Waals surface area contributed by atoms with Gasteiger partial charge in [0.25, 0.3) is 0 Å². The minimum Gasteiger partial charge on any atom is -0.277 e. The van der Waals surface area contributed by atoms with E-state index in [4.69, 9.17) is 15.0 Å². The maximum atomic E-state index is 5.37. The van der Waals surface area contributed by atoms with Gasteiger partial charge in [0.15, 0.2) is 5.82 Å². The standard InChI is InChI=1S/C36H32N4/c1-36(22-24-19-20-25(21-24)23-36)34-37-33(27-13-6-3-7-14-27)38-35(39-34)40-31-18-9-8-15-29(31)30-17-10-16-28(32(30)40)26-11-4-2-5-12-26/h2-18,24-25H,19-23H2,1H3/t24-,25-/m1/s1. The first-order valence-electron chi connectivity index (χ1n) is 14.6. The van der Waals surface area contributed by atoms with Gasteiger partial charge in [-0.3, -0.25) is 4.57 Å². The molecule has 2 heterocycles. The molecule has 4 aromatic carbocycles. The number of rotatable bonds is 4.